The van der Waals surface area contributed by atoms with Crippen molar-refractivity contribution in [2.75, 3.05) is 38.2 Å². The van der Waals surface area contributed by atoms with Crippen molar-refractivity contribution in [3.63, 3.8) is 0 Å². The van der Waals surface area contributed by atoms with E-state index in [0.29, 0.717) is 13.1 Å². The Morgan fingerprint density at radius 1 is 1.37 bits per heavy atom. The molecular formula is C14H21N3O2. The van der Waals surface area contributed by atoms with Gasteiger partial charge in [0, 0.05) is 26.2 Å². The summed E-state index contributed by atoms with van der Waals surface area (Å²) in [5.74, 6) is 0.833. The number of methoxy groups -OCH3 is 1. The molecule has 0 saturated carbocycles. The minimum absolute atomic E-state index is 0.101. The third-order valence-corrected chi connectivity index (χ3v) is 3.57. The average Bonchev–Trinajstić information content (AvgIpc) is 2.44. The maximum absolute atomic E-state index is 12.5. The van der Waals surface area contributed by atoms with Crippen LogP contribution in [0, 0.1) is 0 Å². The Kier molecular flexibility index (Phi) is 4.39. The summed E-state index contributed by atoms with van der Waals surface area (Å²) in [5.41, 5.74) is 6.41. The van der Waals surface area contributed by atoms with E-state index in [1.54, 1.807) is 12.0 Å². The van der Waals surface area contributed by atoms with Gasteiger partial charge in [-0.1, -0.05) is 12.1 Å². The number of rotatable bonds is 4. The van der Waals surface area contributed by atoms with Gasteiger partial charge < -0.3 is 15.4 Å². The van der Waals surface area contributed by atoms with Crippen LogP contribution in [-0.4, -0.2) is 50.1 Å². The Balaban J connectivity index is 2.21. The zero-order valence-electron chi connectivity index (χ0n) is 11.5. The van der Waals surface area contributed by atoms with Crippen LogP contribution in [0.2, 0.25) is 0 Å². The maximum atomic E-state index is 12.5. The number of nitrogens with two attached hydrogens (primary N) is 1. The van der Waals surface area contributed by atoms with E-state index in [4.69, 9.17) is 10.5 Å². The lowest BCUT2D eigenvalue weighted by Gasteiger charge is -2.39. The van der Waals surface area contributed by atoms with Gasteiger partial charge in [0.15, 0.2) is 0 Å². The summed E-state index contributed by atoms with van der Waals surface area (Å²) in [6.07, 6.45) is 0. The lowest BCUT2D eigenvalue weighted by molar-refractivity contribution is -0.125. The van der Waals surface area contributed by atoms with Gasteiger partial charge in [0.2, 0.25) is 5.91 Å². The summed E-state index contributed by atoms with van der Waals surface area (Å²) in [6.45, 7) is 4.77. The molecule has 5 heteroatoms. The highest BCUT2D eigenvalue weighted by Crippen LogP contribution is 2.29. The molecule has 0 aromatic heterocycles. The molecule has 1 atom stereocenters. The number of para-hydroxylation sites is 2. The van der Waals surface area contributed by atoms with Crippen molar-refractivity contribution in [3.8, 4) is 5.75 Å². The van der Waals surface area contributed by atoms with E-state index in [-0.39, 0.29) is 11.9 Å². The molecule has 1 saturated heterocycles. The van der Waals surface area contributed by atoms with Gasteiger partial charge in [-0.05, 0) is 19.1 Å². The number of amides is 1. The number of carbonyl (C=O) groups excluding carboxylic acids is 1. The van der Waals surface area contributed by atoms with Crippen LogP contribution in [-0.2, 0) is 4.79 Å². The predicted octanol–water partition coefficient (Wildman–Crippen LogP) is 0.691. The second-order valence-corrected chi connectivity index (χ2v) is 4.66. The summed E-state index contributed by atoms with van der Waals surface area (Å²) >= 11 is 0. The predicted molar refractivity (Wildman–Crippen MR) is 75.4 cm³/mol. The summed E-state index contributed by atoms with van der Waals surface area (Å²) in [7, 11) is 1.62. The van der Waals surface area contributed by atoms with Gasteiger partial charge in [-0.25, -0.2) is 0 Å². The van der Waals surface area contributed by atoms with Gasteiger partial charge in [0.25, 0.3) is 0 Å². The summed E-state index contributed by atoms with van der Waals surface area (Å²) in [4.78, 5) is 16.4. The van der Waals surface area contributed by atoms with Gasteiger partial charge in [0.1, 0.15) is 5.75 Å². The lowest BCUT2D eigenvalue weighted by Crippen LogP contribution is -2.57. The highest BCUT2D eigenvalue weighted by molar-refractivity contribution is 5.98. The fourth-order valence-electron chi connectivity index (χ4n) is 2.48. The molecule has 104 valence electrons. The minimum Gasteiger partial charge on any atom is -0.495 e. The van der Waals surface area contributed by atoms with Crippen molar-refractivity contribution in [2.24, 2.45) is 5.73 Å². The molecular weight excluding hydrogens is 242 g/mol. The van der Waals surface area contributed by atoms with Crippen molar-refractivity contribution in [1.82, 2.24) is 4.90 Å². The molecule has 1 aromatic rings. The van der Waals surface area contributed by atoms with Crippen LogP contribution < -0.4 is 15.4 Å². The third-order valence-electron chi connectivity index (χ3n) is 3.57. The largest absolute Gasteiger partial charge is 0.495 e. The van der Waals surface area contributed by atoms with Gasteiger partial charge in [0.05, 0.1) is 18.8 Å². The van der Waals surface area contributed by atoms with E-state index < -0.39 is 0 Å². The number of nitrogens with zero attached hydrogens (tertiary/aromatic N) is 2. The van der Waals surface area contributed by atoms with E-state index in [1.807, 2.05) is 31.2 Å². The molecule has 1 unspecified atom stereocenters. The van der Waals surface area contributed by atoms with Gasteiger partial charge >= 0.3 is 0 Å². The van der Waals surface area contributed by atoms with E-state index in [1.165, 1.54) is 0 Å². The van der Waals surface area contributed by atoms with Gasteiger partial charge in [-0.3, -0.25) is 9.69 Å². The normalized spacial score (nSPS) is 20.7. The highest BCUT2D eigenvalue weighted by Gasteiger charge is 2.32. The molecule has 1 amide bonds. The van der Waals surface area contributed by atoms with Crippen LogP contribution in [0.3, 0.4) is 0 Å². The van der Waals surface area contributed by atoms with E-state index in [0.717, 1.165) is 24.5 Å². The molecule has 1 aliphatic heterocycles. The Morgan fingerprint density at radius 2 is 2.11 bits per heavy atom. The molecule has 2 N–H and O–H groups in total. The van der Waals surface area contributed by atoms with Gasteiger partial charge in [-0.2, -0.15) is 0 Å². The minimum atomic E-state index is -0.137. The molecule has 1 fully saturated rings. The molecule has 2 rings (SSSR count). The molecule has 5 nitrogen and oxygen atoms in total. The monoisotopic (exact) mass is 263 g/mol. The molecule has 1 aromatic carbocycles. The maximum Gasteiger partial charge on any atom is 0.244 e. The topological polar surface area (TPSA) is 58.8 Å². The van der Waals surface area contributed by atoms with Gasteiger partial charge in [-0.15, -0.1) is 0 Å². The van der Waals surface area contributed by atoms with Crippen molar-refractivity contribution in [1.29, 1.82) is 0 Å². The van der Waals surface area contributed by atoms with Crippen LogP contribution in [0.25, 0.3) is 0 Å². The highest BCUT2D eigenvalue weighted by atomic mass is 16.5. The molecule has 0 aliphatic carbocycles. The first-order valence-electron chi connectivity index (χ1n) is 6.57. The number of hydrogen-bond donors (Lipinski definition) is 1. The molecule has 0 bridgehead atoms. The first kappa shape index (κ1) is 13.8. The first-order valence-corrected chi connectivity index (χ1v) is 6.57. The summed E-state index contributed by atoms with van der Waals surface area (Å²) in [6, 6.07) is 7.48. The Morgan fingerprint density at radius 3 is 2.79 bits per heavy atom. The van der Waals surface area contributed by atoms with Crippen molar-refractivity contribution >= 4 is 11.6 Å². The number of hydrogen-bond acceptors (Lipinski definition) is 4. The molecule has 19 heavy (non-hydrogen) atoms. The number of benzene rings is 1. The fraction of sp³-hybridized carbons (Fsp3) is 0.500. The quantitative estimate of drug-likeness (QED) is 0.868. The average molecular weight is 263 g/mol. The summed E-state index contributed by atoms with van der Waals surface area (Å²) < 4.78 is 5.33. The molecule has 0 radical (unpaired) electrons. The number of anilines is 1. The SMILES string of the molecule is COc1ccccc1N1CCN(CCN)C(C)C1=O. The van der Waals surface area contributed by atoms with Crippen molar-refractivity contribution in [2.45, 2.75) is 13.0 Å². The third kappa shape index (κ3) is 2.72. The Labute approximate surface area is 113 Å². The molecule has 1 aliphatic rings. The number of ether oxygens (including phenoxy) is 1. The number of carbonyl (C=O) groups is 1. The van der Waals surface area contributed by atoms with E-state index in [9.17, 15) is 4.79 Å². The Hall–Kier alpha value is -1.59. The standard InChI is InChI=1S/C14H21N3O2/c1-11-14(18)17(10-9-16(11)8-7-15)12-5-3-4-6-13(12)19-2/h3-6,11H,7-10,15H2,1-2H3. The fourth-order valence-corrected chi connectivity index (χ4v) is 2.48. The van der Waals surface area contributed by atoms with Crippen LogP contribution in [0.4, 0.5) is 5.69 Å². The van der Waals surface area contributed by atoms with Crippen LogP contribution in [0.5, 0.6) is 5.75 Å². The second-order valence-electron chi connectivity index (χ2n) is 4.66. The van der Waals surface area contributed by atoms with Crippen molar-refractivity contribution < 1.29 is 9.53 Å². The lowest BCUT2D eigenvalue weighted by atomic mass is 10.1. The smallest absolute Gasteiger partial charge is 0.244 e. The van der Waals surface area contributed by atoms with E-state index >= 15 is 0 Å². The summed E-state index contributed by atoms with van der Waals surface area (Å²) in [5, 5.41) is 0. The van der Waals surface area contributed by atoms with Crippen molar-refractivity contribution in [3.05, 3.63) is 24.3 Å². The van der Waals surface area contributed by atoms with E-state index in [2.05, 4.69) is 4.90 Å². The number of piperazine rings is 1. The van der Waals surface area contributed by atoms with Crippen LogP contribution >= 0.6 is 0 Å². The first-order chi connectivity index (χ1) is 9.19. The molecule has 1 heterocycles. The zero-order chi connectivity index (χ0) is 13.8. The second kappa shape index (κ2) is 6.04. The molecule has 0 spiro atoms. The Bertz CT molecular complexity index is 450. The van der Waals surface area contributed by atoms with Crippen LogP contribution in [0.15, 0.2) is 24.3 Å². The van der Waals surface area contributed by atoms with Crippen LogP contribution in [0.1, 0.15) is 6.92 Å². The zero-order valence-corrected chi connectivity index (χ0v) is 11.5.